The van der Waals surface area contributed by atoms with Gasteiger partial charge in [0.2, 0.25) is 0 Å². The van der Waals surface area contributed by atoms with E-state index in [9.17, 15) is 14.3 Å². The number of carbonyl (C=O) groups excluding carboxylic acids is 1. The molecule has 0 aliphatic heterocycles. The fourth-order valence-electron chi connectivity index (χ4n) is 5.95. The van der Waals surface area contributed by atoms with E-state index in [-0.39, 0.29) is 32.3 Å². The Morgan fingerprint density at radius 3 is 1.47 bits per heavy atom. The van der Waals surface area contributed by atoms with Crippen LogP contribution >= 0.6 is 7.82 Å². The zero-order valence-electron chi connectivity index (χ0n) is 37.0. The second kappa shape index (κ2) is 45.8. The monoisotopic (exact) mass is 832 g/mol. The fourth-order valence-corrected chi connectivity index (χ4v) is 6.71. The Morgan fingerprint density at radius 2 is 0.966 bits per heavy atom. The van der Waals surface area contributed by atoms with Gasteiger partial charge in [0.25, 0.3) is 0 Å². The van der Waals surface area contributed by atoms with Gasteiger partial charge in [-0.05, 0) is 83.5 Å². The quantitative estimate of drug-likeness (QED) is 0.0270. The Balaban J connectivity index is 4.13. The number of unbranched alkanes of at least 4 members (excludes halogenated alkanes) is 16. The number of rotatable bonds is 43. The lowest BCUT2D eigenvalue weighted by molar-refractivity contribution is -0.154. The van der Waals surface area contributed by atoms with Crippen LogP contribution in [0.2, 0.25) is 0 Å². The molecule has 2 atom stereocenters. The van der Waals surface area contributed by atoms with Crippen molar-refractivity contribution in [2.75, 3.05) is 33.0 Å². The molecule has 0 rings (SSSR count). The number of hydrogen-bond acceptors (Lipinski definition) is 7. The zero-order chi connectivity index (χ0) is 42.3. The minimum Gasteiger partial charge on any atom is -0.457 e. The minimum absolute atomic E-state index is 0.0713. The van der Waals surface area contributed by atoms with Gasteiger partial charge in [-0.2, -0.15) is 0 Å². The third-order valence-corrected chi connectivity index (χ3v) is 10.3. The van der Waals surface area contributed by atoms with E-state index in [1.54, 1.807) is 0 Å². The molecule has 0 bridgehead atoms. The number of carbonyl (C=O) groups is 1. The maximum Gasteiger partial charge on any atom is 0.472 e. The van der Waals surface area contributed by atoms with Crippen molar-refractivity contribution in [2.45, 2.75) is 187 Å². The van der Waals surface area contributed by atoms with E-state index in [4.69, 9.17) is 24.3 Å². The summed E-state index contributed by atoms with van der Waals surface area (Å²) in [6.45, 7) is 4.63. The van der Waals surface area contributed by atoms with Crippen molar-refractivity contribution < 1.29 is 32.8 Å². The van der Waals surface area contributed by atoms with Crippen LogP contribution in [0.1, 0.15) is 181 Å². The molecule has 0 fully saturated rings. The summed E-state index contributed by atoms with van der Waals surface area (Å²) in [6, 6.07) is 0. The first-order valence-corrected chi connectivity index (χ1v) is 24.6. The summed E-state index contributed by atoms with van der Waals surface area (Å²) in [4.78, 5) is 22.5. The van der Waals surface area contributed by atoms with Gasteiger partial charge in [0.1, 0.15) is 6.10 Å². The van der Waals surface area contributed by atoms with E-state index in [1.807, 2.05) is 0 Å². The molecule has 0 radical (unpaired) electrons. The lowest BCUT2D eigenvalue weighted by Gasteiger charge is -2.20. The normalized spacial score (nSPS) is 14.2. The Hall–Kier alpha value is -2.32. The molecule has 0 saturated heterocycles. The van der Waals surface area contributed by atoms with Gasteiger partial charge in [-0.1, -0.05) is 176 Å². The molecule has 0 aliphatic rings. The Morgan fingerprint density at radius 1 is 0.534 bits per heavy atom. The molecule has 0 spiro atoms. The minimum atomic E-state index is -4.30. The van der Waals surface area contributed by atoms with Crippen LogP contribution in [0.3, 0.4) is 0 Å². The van der Waals surface area contributed by atoms with Gasteiger partial charge < -0.3 is 20.1 Å². The van der Waals surface area contributed by atoms with Crippen molar-refractivity contribution in [3.8, 4) is 0 Å². The molecule has 0 aliphatic carbocycles. The van der Waals surface area contributed by atoms with E-state index in [1.165, 1.54) is 89.9 Å². The number of hydrogen-bond donors (Lipinski definition) is 2. The van der Waals surface area contributed by atoms with Gasteiger partial charge in [0.15, 0.2) is 0 Å². The molecule has 0 saturated carbocycles. The van der Waals surface area contributed by atoms with E-state index < -0.39 is 13.9 Å². The maximum atomic E-state index is 12.6. The van der Waals surface area contributed by atoms with Crippen molar-refractivity contribution in [1.82, 2.24) is 0 Å². The summed E-state index contributed by atoms with van der Waals surface area (Å²) in [7, 11) is -4.30. The average Bonchev–Trinajstić information content (AvgIpc) is 3.21. The van der Waals surface area contributed by atoms with Gasteiger partial charge in [-0.3, -0.25) is 13.8 Å². The number of esters is 1. The molecule has 0 amide bonds. The Bertz CT molecular complexity index is 1160. The summed E-state index contributed by atoms with van der Waals surface area (Å²) >= 11 is 0. The summed E-state index contributed by atoms with van der Waals surface area (Å²) < 4.78 is 33.4. The highest BCUT2D eigenvalue weighted by Crippen LogP contribution is 2.43. The van der Waals surface area contributed by atoms with Gasteiger partial charge >= 0.3 is 13.8 Å². The van der Waals surface area contributed by atoms with Crippen LogP contribution in [0, 0.1) is 0 Å². The van der Waals surface area contributed by atoms with Crippen LogP contribution in [0.25, 0.3) is 0 Å². The summed E-state index contributed by atoms with van der Waals surface area (Å²) in [6.07, 6.45) is 59.0. The van der Waals surface area contributed by atoms with Crippen molar-refractivity contribution >= 4 is 13.8 Å². The van der Waals surface area contributed by atoms with Crippen LogP contribution in [-0.2, 0) is 27.9 Å². The standard InChI is InChI=1S/C49H86NO7P/c1-3-5-7-9-11-13-15-17-19-21-23-25-27-29-31-33-35-37-39-41-44-54-46-48(47-56-58(52,53)55-45-43-50)57-49(51)42-40-38-36-34-32-30-28-26-24-22-20-18-16-14-12-10-8-6-4-2/h5,7,11,13,17-20,23,25,29,31,35,37,48H,3-4,6,8-10,12,14-16,21-22,24,26-28,30,32-34,36,38-47,50H2,1-2H3,(H,52,53)/b7-5-,13-11-,19-17-,20-18-,25-23-,31-29-,37-35-. The van der Waals surface area contributed by atoms with Gasteiger partial charge in [0.05, 0.1) is 19.8 Å². The highest BCUT2D eigenvalue weighted by Gasteiger charge is 2.25. The number of nitrogens with two attached hydrogens (primary N) is 1. The zero-order valence-corrected chi connectivity index (χ0v) is 37.9. The van der Waals surface area contributed by atoms with E-state index in [2.05, 4.69) is 98.9 Å². The lowest BCUT2D eigenvalue weighted by atomic mass is 10.1. The second-order valence-corrected chi connectivity index (χ2v) is 16.3. The molecule has 0 aromatic carbocycles. The molecule has 0 heterocycles. The smallest absolute Gasteiger partial charge is 0.457 e. The molecular weight excluding hydrogens is 746 g/mol. The fraction of sp³-hybridized carbons (Fsp3) is 0.694. The largest absolute Gasteiger partial charge is 0.472 e. The molecule has 0 aromatic rings. The van der Waals surface area contributed by atoms with E-state index >= 15 is 0 Å². The molecule has 334 valence electrons. The Labute approximate surface area is 356 Å². The van der Waals surface area contributed by atoms with Crippen LogP contribution in [0.15, 0.2) is 85.1 Å². The SMILES string of the molecule is CC/C=C\C/C=C\C/C=C\C/C=C\C/C=C\C/C=C\CCCOCC(COP(=O)(O)OCCN)OC(=O)CCCCCCCCCCC/C=C\CCCCCCCC. The van der Waals surface area contributed by atoms with Gasteiger partial charge in [0, 0.05) is 19.6 Å². The summed E-state index contributed by atoms with van der Waals surface area (Å²) in [5.41, 5.74) is 5.37. The summed E-state index contributed by atoms with van der Waals surface area (Å²) in [5.74, 6) is -0.355. The molecule has 58 heavy (non-hydrogen) atoms. The number of phosphoric ester groups is 1. The first-order valence-electron chi connectivity index (χ1n) is 23.1. The van der Waals surface area contributed by atoms with Gasteiger partial charge in [-0.25, -0.2) is 4.57 Å². The predicted octanol–water partition coefficient (Wildman–Crippen LogP) is 14.1. The predicted molar refractivity (Wildman–Crippen MR) is 247 cm³/mol. The first-order chi connectivity index (χ1) is 28.4. The van der Waals surface area contributed by atoms with E-state index in [0.717, 1.165) is 70.6 Å². The number of allylic oxidation sites excluding steroid dienone is 14. The van der Waals surface area contributed by atoms with Crippen LogP contribution < -0.4 is 5.73 Å². The second-order valence-electron chi connectivity index (χ2n) is 14.9. The lowest BCUT2D eigenvalue weighted by Crippen LogP contribution is -2.28. The third-order valence-electron chi connectivity index (χ3n) is 9.30. The molecular formula is C49H86NO7P. The van der Waals surface area contributed by atoms with Crippen molar-refractivity contribution in [3.63, 3.8) is 0 Å². The number of ether oxygens (including phenoxy) is 2. The van der Waals surface area contributed by atoms with E-state index in [0.29, 0.717) is 13.0 Å². The molecule has 2 unspecified atom stereocenters. The van der Waals surface area contributed by atoms with Crippen molar-refractivity contribution in [1.29, 1.82) is 0 Å². The molecule has 0 aromatic heterocycles. The van der Waals surface area contributed by atoms with Crippen molar-refractivity contribution in [3.05, 3.63) is 85.1 Å². The molecule has 9 heteroatoms. The number of phosphoric acid groups is 1. The first kappa shape index (κ1) is 55.7. The highest BCUT2D eigenvalue weighted by atomic mass is 31.2. The van der Waals surface area contributed by atoms with Gasteiger partial charge in [-0.15, -0.1) is 0 Å². The van der Waals surface area contributed by atoms with Crippen LogP contribution in [0.5, 0.6) is 0 Å². The topological polar surface area (TPSA) is 117 Å². The average molecular weight is 832 g/mol. The van der Waals surface area contributed by atoms with Crippen LogP contribution in [0.4, 0.5) is 0 Å². The van der Waals surface area contributed by atoms with Crippen LogP contribution in [-0.4, -0.2) is 49.9 Å². The summed E-state index contributed by atoms with van der Waals surface area (Å²) in [5, 5.41) is 0. The third kappa shape index (κ3) is 44.8. The maximum absolute atomic E-state index is 12.6. The Kier molecular flexibility index (Phi) is 43.9. The molecule has 8 nitrogen and oxygen atoms in total. The molecule has 3 N–H and O–H groups in total. The van der Waals surface area contributed by atoms with Crippen molar-refractivity contribution in [2.24, 2.45) is 5.73 Å². The highest BCUT2D eigenvalue weighted by molar-refractivity contribution is 7.47.